The summed E-state index contributed by atoms with van der Waals surface area (Å²) in [5.41, 5.74) is 2.82. The molecule has 5 rings (SSSR count). The summed E-state index contributed by atoms with van der Waals surface area (Å²) in [6.45, 7) is 0. The van der Waals surface area contributed by atoms with E-state index in [2.05, 4.69) is 20.9 Å². The summed E-state index contributed by atoms with van der Waals surface area (Å²) in [6, 6.07) is 21.7. The van der Waals surface area contributed by atoms with Crippen LogP contribution in [0.2, 0.25) is 0 Å². The highest BCUT2D eigenvalue weighted by Crippen LogP contribution is 2.52. The molecule has 1 fully saturated rings. The van der Waals surface area contributed by atoms with Crippen LogP contribution in [0.5, 0.6) is 0 Å². The van der Waals surface area contributed by atoms with E-state index in [0.717, 1.165) is 40.8 Å². The van der Waals surface area contributed by atoms with E-state index in [1.165, 1.54) is 11.8 Å². The number of nitrogens with one attached hydrogen (secondary N) is 1. The Bertz CT molecular complexity index is 1120. The van der Waals surface area contributed by atoms with Gasteiger partial charge in [-0.25, -0.2) is 0 Å². The van der Waals surface area contributed by atoms with Crippen molar-refractivity contribution in [1.82, 2.24) is 14.8 Å². The third kappa shape index (κ3) is 3.59. The Morgan fingerprint density at radius 2 is 1.72 bits per heavy atom. The molecule has 7 heteroatoms. The van der Waals surface area contributed by atoms with Crippen LogP contribution in [0.25, 0.3) is 17.1 Å². The summed E-state index contributed by atoms with van der Waals surface area (Å²) in [6.07, 6.45) is 1.65. The number of rotatable bonds is 6. The Morgan fingerprint density at radius 1 is 1.00 bits per heavy atom. The second-order valence-corrected chi connectivity index (χ2v) is 9.04. The van der Waals surface area contributed by atoms with Gasteiger partial charge in [0.05, 0.1) is 0 Å². The Balaban J connectivity index is 1.48. The van der Waals surface area contributed by atoms with Gasteiger partial charge in [-0.2, -0.15) is 11.3 Å². The Hall–Kier alpha value is -2.90. The van der Waals surface area contributed by atoms with Crippen molar-refractivity contribution >= 4 is 34.7 Å². The van der Waals surface area contributed by atoms with Gasteiger partial charge in [-0.3, -0.25) is 9.36 Å². The zero-order valence-corrected chi connectivity index (χ0v) is 17.1. The molecule has 4 aromatic rings. The Kier molecular flexibility index (Phi) is 4.69. The first-order valence-electron chi connectivity index (χ1n) is 9.34. The number of carbonyl (C=O) groups excluding carboxylic acids is 1. The van der Waals surface area contributed by atoms with Gasteiger partial charge in [-0.1, -0.05) is 48.2 Å². The standard InChI is InChI=1S/C22H18N4OS2/c27-20(23-17-7-3-1-4-8-17)22(12-13-22)29-21-25-24-19(16-11-14-28-15-16)26(21)18-9-5-2-6-10-18/h1-11,14-15H,12-13H2,(H,23,27). The molecule has 0 unspecified atom stereocenters. The number of thioether (sulfide) groups is 1. The third-order valence-corrected chi connectivity index (χ3v) is 6.98. The normalized spacial score (nSPS) is 14.5. The van der Waals surface area contributed by atoms with Gasteiger partial charge in [0.15, 0.2) is 11.0 Å². The number of nitrogens with zero attached hydrogens (tertiary/aromatic N) is 3. The van der Waals surface area contributed by atoms with Gasteiger partial charge < -0.3 is 5.32 Å². The zero-order chi connectivity index (χ0) is 19.7. The van der Waals surface area contributed by atoms with Gasteiger partial charge in [-0.15, -0.1) is 10.2 Å². The molecule has 2 aromatic carbocycles. The lowest BCUT2D eigenvalue weighted by Crippen LogP contribution is -2.27. The fourth-order valence-electron chi connectivity index (χ4n) is 3.15. The fraction of sp³-hybridized carbons (Fsp3) is 0.136. The molecule has 1 saturated carbocycles. The van der Waals surface area contributed by atoms with Crippen LogP contribution in [-0.4, -0.2) is 25.4 Å². The van der Waals surface area contributed by atoms with Crippen molar-refractivity contribution in [3.05, 3.63) is 77.5 Å². The minimum Gasteiger partial charge on any atom is -0.325 e. The van der Waals surface area contributed by atoms with Crippen molar-refractivity contribution in [2.24, 2.45) is 0 Å². The molecule has 5 nitrogen and oxygen atoms in total. The van der Waals surface area contributed by atoms with Crippen LogP contribution in [0, 0.1) is 0 Å². The molecule has 1 aliphatic carbocycles. The van der Waals surface area contributed by atoms with E-state index in [-0.39, 0.29) is 5.91 Å². The molecule has 2 heterocycles. The first-order chi connectivity index (χ1) is 14.3. The Labute approximate surface area is 176 Å². The molecule has 0 atom stereocenters. The molecule has 144 valence electrons. The molecule has 0 spiro atoms. The van der Waals surface area contributed by atoms with Gasteiger partial charge in [0.25, 0.3) is 0 Å². The minimum atomic E-state index is -0.499. The van der Waals surface area contributed by atoms with E-state index in [0.29, 0.717) is 0 Å². The first-order valence-corrected chi connectivity index (χ1v) is 11.1. The number of para-hydroxylation sites is 2. The molecular weight excluding hydrogens is 400 g/mol. The molecule has 1 aliphatic rings. The number of amides is 1. The van der Waals surface area contributed by atoms with Crippen LogP contribution in [0.15, 0.2) is 82.6 Å². The maximum absolute atomic E-state index is 13.0. The Morgan fingerprint density at radius 3 is 2.38 bits per heavy atom. The van der Waals surface area contributed by atoms with Gasteiger partial charge in [0.2, 0.25) is 5.91 Å². The monoisotopic (exact) mass is 418 g/mol. The van der Waals surface area contributed by atoms with Crippen LogP contribution >= 0.6 is 23.1 Å². The van der Waals surface area contributed by atoms with Gasteiger partial charge in [-0.05, 0) is 48.6 Å². The average Bonchev–Trinajstić information content (AvgIpc) is 3.14. The average molecular weight is 419 g/mol. The van der Waals surface area contributed by atoms with Gasteiger partial charge in [0.1, 0.15) is 4.75 Å². The summed E-state index contributed by atoms with van der Waals surface area (Å²) in [4.78, 5) is 13.0. The van der Waals surface area contributed by atoms with Crippen LogP contribution in [0.1, 0.15) is 12.8 Å². The fourth-order valence-corrected chi connectivity index (χ4v) is 4.95. The molecule has 2 aromatic heterocycles. The van der Waals surface area contributed by atoms with E-state index in [1.807, 2.05) is 76.7 Å². The quantitative estimate of drug-likeness (QED) is 0.464. The van der Waals surface area contributed by atoms with Crippen molar-refractivity contribution in [3.63, 3.8) is 0 Å². The largest absolute Gasteiger partial charge is 0.325 e. The number of benzene rings is 2. The predicted octanol–water partition coefficient (Wildman–Crippen LogP) is 5.26. The lowest BCUT2D eigenvalue weighted by molar-refractivity contribution is -0.116. The number of carbonyl (C=O) groups is 1. The second-order valence-electron chi connectivity index (χ2n) is 6.91. The highest BCUT2D eigenvalue weighted by atomic mass is 32.2. The first kappa shape index (κ1) is 18.1. The summed E-state index contributed by atoms with van der Waals surface area (Å²) >= 11 is 3.13. The molecule has 0 radical (unpaired) electrons. The maximum Gasteiger partial charge on any atom is 0.241 e. The number of aromatic nitrogens is 3. The lowest BCUT2D eigenvalue weighted by atomic mass is 10.3. The van der Waals surface area contributed by atoms with Gasteiger partial charge >= 0.3 is 0 Å². The highest BCUT2D eigenvalue weighted by Gasteiger charge is 2.52. The molecule has 0 saturated heterocycles. The van der Waals surface area contributed by atoms with E-state index in [9.17, 15) is 4.79 Å². The van der Waals surface area contributed by atoms with E-state index in [1.54, 1.807) is 11.3 Å². The van der Waals surface area contributed by atoms with Crippen molar-refractivity contribution in [3.8, 4) is 17.1 Å². The number of thiophene rings is 1. The highest BCUT2D eigenvalue weighted by molar-refractivity contribution is 8.01. The van der Waals surface area contributed by atoms with Crippen LogP contribution in [-0.2, 0) is 4.79 Å². The summed E-state index contributed by atoms with van der Waals surface area (Å²) < 4.78 is 1.55. The summed E-state index contributed by atoms with van der Waals surface area (Å²) in [7, 11) is 0. The predicted molar refractivity (Wildman–Crippen MR) is 118 cm³/mol. The van der Waals surface area contributed by atoms with E-state index >= 15 is 0 Å². The third-order valence-electron chi connectivity index (χ3n) is 4.86. The molecule has 29 heavy (non-hydrogen) atoms. The van der Waals surface area contributed by atoms with Crippen LogP contribution < -0.4 is 5.32 Å². The topological polar surface area (TPSA) is 59.8 Å². The molecule has 1 N–H and O–H groups in total. The van der Waals surface area contributed by atoms with E-state index < -0.39 is 4.75 Å². The van der Waals surface area contributed by atoms with Crippen molar-refractivity contribution in [2.45, 2.75) is 22.7 Å². The number of hydrogen-bond acceptors (Lipinski definition) is 5. The molecule has 0 bridgehead atoms. The number of hydrogen-bond donors (Lipinski definition) is 1. The van der Waals surface area contributed by atoms with E-state index in [4.69, 9.17) is 0 Å². The van der Waals surface area contributed by atoms with Crippen LogP contribution in [0.3, 0.4) is 0 Å². The van der Waals surface area contributed by atoms with Gasteiger partial charge in [0, 0.05) is 22.3 Å². The van der Waals surface area contributed by atoms with Crippen molar-refractivity contribution in [2.75, 3.05) is 5.32 Å². The molecular formula is C22H18N4OS2. The zero-order valence-electron chi connectivity index (χ0n) is 15.5. The van der Waals surface area contributed by atoms with Crippen molar-refractivity contribution < 1.29 is 4.79 Å². The maximum atomic E-state index is 13.0. The lowest BCUT2D eigenvalue weighted by Gasteiger charge is -2.16. The van der Waals surface area contributed by atoms with Crippen LogP contribution in [0.4, 0.5) is 5.69 Å². The number of anilines is 1. The smallest absolute Gasteiger partial charge is 0.241 e. The second kappa shape index (κ2) is 7.50. The summed E-state index contributed by atoms with van der Waals surface area (Å²) in [5.74, 6) is 0.813. The van der Waals surface area contributed by atoms with Crippen molar-refractivity contribution in [1.29, 1.82) is 0 Å². The molecule has 1 amide bonds. The SMILES string of the molecule is O=C(Nc1ccccc1)C1(Sc2nnc(-c3ccsc3)n2-c2ccccc2)CC1. The molecule has 0 aliphatic heterocycles. The minimum absolute atomic E-state index is 0.0217. The summed E-state index contributed by atoms with van der Waals surface area (Å²) in [5, 5.41) is 16.8.